The second kappa shape index (κ2) is 6.49. The average molecular weight is 408 g/mol. The zero-order chi connectivity index (χ0) is 20.9. The Morgan fingerprint density at radius 2 is 1.84 bits per heavy atom. The van der Waals surface area contributed by atoms with E-state index < -0.39 is 0 Å². The normalized spacial score (nSPS) is 14.4. The highest BCUT2D eigenvalue weighted by atomic mass is 16.2. The SMILES string of the molecule is Nc1n[nH]c(C(=O)NC2c3ccccc3-c3c(-c4nc5ccncc5[nH]4)cccc32)n1. The van der Waals surface area contributed by atoms with Gasteiger partial charge in [0.15, 0.2) is 0 Å². The first-order valence-corrected chi connectivity index (χ1v) is 9.70. The molecule has 5 aromatic rings. The first-order valence-electron chi connectivity index (χ1n) is 9.70. The Bertz CT molecular complexity index is 1430. The molecule has 9 heteroatoms. The van der Waals surface area contributed by atoms with Crippen LogP contribution < -0.4 is 11.1 Å². The van der Waals surface area contributed by atoms with Crippen LogP contribution in [-0.4, -0.2) is 36.0 Å². The third-order valence-corrected chi connectivity index (χ3v) is 5.48. The quantitative estimate of drug-likeness (QED) is 0.362. The summed E-state index contributed by atoms with van der Waals surface area (Å²) < 4.78 is 0. The van der Waals surface area contributed by atoms with Gasteiger partial charge in [-0.05, 0) is 28.3 Å². The number of nitrogens with zero attached hydrogens (tertiary/aromatic N) is 4. The minimum atomic E-state index is -0.378. The molecule has 0 aliphatic heterocycles. The van der Waals surface area contributed by atoms with E-state index in [-0.39, 0.29) is 23.7 Å². The molecule has 31 heavy (non-hydrogen) atoms. The Morgan fingerprint density at radius 1 is 1.00 bits per heavy atom. The van der Waals surface area contributed by atoms with Crippen molar-refractivity contribution in [2.24, 2.45) is 0 Å². The Labute approximate surface area is 175 Å². The summed E-state index contributed by atoms with van der Waals surface area (Å²) in [4.78, 5) is 29.0. The summed E-state index contributed by atoms with van der Waals surface area (Å²) in [6, 6.07) is 15.6. The van der Waals surface area contributed by atoms with Gasteiger partial charge < -0.3 is 16.0 Å². The second-order valence-corrected chi connectivity index (χ2v) is 7.28. The maximum absolute atomic E-state index is 12.8. The molecule has 0 fully saturated rings. The molecule has 0 saturated carbocycles. The molecule has 0 radical (unpaired) electrons. The lowest BCUT2D eigenvalue weighted by Crippen LogP contribution is -2.29. The van der Waals surface area contributed by atoms with E-state index in [0.717, 1.165) is 44.7 Å². The standard InChI is InChI=1S/C22H16N8O/c23-22-28-20(29-30-22)21(31)27-18-12-5-2-1-4-11(12)17-13(18)6-3-7-14(17)19-25-15-8-9-24-10-16(15)26-19/h1-10,18H,(H,25,26)(H,27,31)(H3,23,28,29,30). The van der Waals surface area contributed by atoms with E-state index in [9.17, 15) is 4.79 Å². The number of aromatic amines is 2. The molecule has 3 heterocycles. The number of fused-ring (bicyclic) bond motifs is 4. The summed E-state index contributed by atoms with van der Waals surface area (Å²) >= 11 is 0. The monoisotopic (exact) mass is 408 g/mol. The Hall–Kier alpha value is -4.53. The highest BCUT2D eigenvalue weighted by Gasteiger charge is 2.32. The fourth-order valence-electron chi connectivity index (χ4n) is 4.17. The number of benzene rings is 2. The summed E-state index contributed by atoms with van der Waals surface area (Å²) in [5.41, 5.74) is 12.3. The molecule has 0 saturated heterocycles. The zero-order valence-corrected chi connectivity index (χ0v) is 16.1. The predicted molar refractivity (Wildman–Crippen MR) is 115 cm³/mol. The third-order valence-electron chi connectivity index (χ3n) is 5.48. The number of nitrogens with one attached hydrogen (secondary N) is 3. The molecule has 1 aliphatic rings. The molecular weight excluding hydrogens is 392 g/mol. The number of aromatic nitrogens is 6. The second-order valence-electron chi connectivity index (χ2n) is 7.28. The van der Waals surface area contributed by atoms with Crippen LogP contribution in [0, 0.1) is 0 Å². The summed E-state index contributed by atoms with van der Waals surface area (Å²) in [7, 11) is 0. The Kier molecular flexibility index (Phi) is 3.63. The highest BCUT2D eigenvalue weighted by Crippen LogP contribution is 2.47. The molecule has 5 N–H and O–H groups in total. The summed E-state index contributed by atoms with van der Waals surface area (Å²) in [5.74, 6) is 0.477. The van der Waals surface area contributed by atoms with E-state index in [1.165, 1.54) is 0 Å². The number of amides is 1. The van der Waals surface area contributed by atoms with Crippen molar-refractivity contribution in [3.8, 4) is 22.5 Å². The van der Waals surface area contributed by atoms with E-state index >= 15 is 0 Å². The van der Waals surface area contributed by atoms with Gasteiger partial charge in [-0.1, -0.05) is 42.5 Å². The van der Waals surface area contributed by atoms with E-state index in [1.807, 2.05) is 42.5 Å². The molecular formula is C22H16N8O. The lowest BCUT2D eigenvalue weighted by molar-refractivity contribution is 0.0933. The van der Waals surface area contributed by atoms with Gasteiger partial charge in [-0.25, -0.2) is 4.98 Å². The molecule has 9 nitrogen and oxygen atoms in total. The van der Waals surface area contributed by atoms with E-state index in [4.69, 9.17) is 10.7 Å². The topological polar surface area (TPSA) is 138 Å². The number of pyridine rings is 1. The number of hydrogen-bond donors (Lipinski definition) is 4. The van der Waals surface area contributed by atoms with Gasteiger partial charge in [0.1, 0.15) is 5.82 Å². The predicted octanol–water partition coefficient (Wildman–Crippen LogP) is 2.83. The summed E-state index contributed by atoms with van der Waals surface area (Å²) in [5, 5.41) is 9.36. The first kappa shape index (κ1) is 17.3. The first-order chi connectivity index (χ1) is 15.2. The van der Waals surface area contributed by atoms with Gasteiger partial charge in [0, 0.05) is 11.8 Å². The lowest BCUT2D eigenvalue weighted by Gasteiger charge is -2.15. The van der Waals surface area contributed by atoms with Gasteiger partial charge in [0.2, 0.25) is 11.8 Å². The van der Waals surface area contributed by atoms with Gasteiger partial charge >= 0.3 is 0 Å². The fraction of sp³-hybridized carbons (Fsp3) is 0.0455. The molecule has 2 aromatic carbocycles. The number of nitrogens with two attached hydrogens (primary N) is 1. The van der Waals surface area contributed by atoms with Gasteiger partial charge in [0.25, 0.3) is 5.91 Å². The number of anilines is 1. The molecule has 3 aromatic heterocycles. The van der Waals surface area contributed by atoms with Crippen LogP contribution in [0.4, 0.5) is 5.95 Å². The summed E-state index contributed by atoms with van der Waals surface area (Å²) in [6.45, 7) is 0. The minimum absolute atomic E-state index is 0.0269. The lowest BCUT2D eigenvalue weighted by atomic mass is 9.99. The fourth-order valence-corrected chi connectivity index (χ4v) is 4.17. The number of H-pyrrole nitrogens is 2. The summed E-state index contributed by atoms with van der Waals surface area (Å²) in [6.07, 6.45) is 3.48. The average Bonchev–Trinajstić information content (AvgIpc) is 3.50. The molecule has 0 spiro atoms. The van der Waals surface area contributed by atoms with E-state index in [1.54, 1.807) is 12.4 Å². The van der Waals surface area contributed by atoms with Crippen molar-refractivity contribution in [3.63, 3.8) is 0 Å². The maximum Gasteiger partial charge on any atom is 0.289 e. The number of imidazole rings is 1. The molecule has 1 aliphatic carbocycles. The van der Waals surface area contributed by atoms with Crippen molar-refractivity contribution < 1.29 is 4.79 Å². The van der Waals surface area contributed by atoms with Gasteiger partial charge in [-0.15, -0.1) is 5.10 Å². The van der Waals surface area contributed by atoms with Crippen LogP contribution in [0.2, 0.25) is 0 Å². The highest BCUT2D eigenvalue weighted by molar-refractivity contribution is 5.95. The number of nitrogen functional groups attached to an aromatic ring is 1. The van der Waals surface area contributed by atoms with Crippen molar-refractivity contribution in [3.05, 3.63) is 77.9 Å². The number of rotatable bonds is 3. The molecule has 6 rings (SSSR count). The van der Waals surface area contributed by atoms with Crippen LogP contribution in [0.3, 0.4) is 0 Å². The van der Waals surface area contributed by atoms with Crippen molar-refractivity contribution >= 4 is 22.9 Å². The largest absolute Gasteiger partial charge is 0.366 e. The van der Waals surface area contributed by atoms with Crippen LogP contribution in [0.25, 0.3) is 33.5 Å². The van der Waals surface area contributed by atoms with Gasteiger partial charge in [0.05, 0.1) is 23.3 Å². The number of hydrogen-bond acceptors (Lipinski definition) is 6. The Balaban J connectivity index is 1.49. The van der Waals surface area contributed by atoms with Gasteiger partial charge in [-0.3, -0.25) is 14.9 Å². The van der Waals surface area contributed by atoms with E-state index in [2.05, 4.69) is 36.5 Å². The smallest absolute Gasteiger partial charge is 0.289 e. The van der Waals surface area contributed by atoms with Crippen LogP contribution in [-0.2, 0) is 0 Å². The molecule has 1 amide bonds. The molecule has 150 valence electrons. The zero-order valence-electron chi connectivity index (χ0n) is 16.1. The van der Waals surface area contributed by atoms with Crippen molar-refractivity contribution in [1.82, 2.24) is 35.5 Å². The number of carbonyl (C=O) groups excluding carboxylic acids is 1. The van der Waals surface area contributed by atoms with Crippen molar-refractivity contribution in [2.45, 2.75) is 6.04 Å². The van der Waals surface area contributed by atoms with Crippen LogP contribution >= 0.6 is 0 Å². The molecule has 1 atom stereocenters. The minimum Gasteiger partial charge on any atom is -0.366 e. The number of carbonyl (C=O) groups is 1. The molecule has 1 unspecified atom stereocenters. The van der Waals surface area contributed by atoms with Crippen molar-refractivity contribution in [2.75, 3.05) is 5.73 Å². The van der Waals surface area contributed by atoms with Gasteiger partial charge in [-0.2, -0.15) is 4.98 Å². The molecule has 0 bridgehead atoms. The van der Waals surface area contributed by atoms with Crippen LogP contribution in [0.5, 0.6) is 0 Å². The third kappa shape index (κ3) is 2.67. The maximum atomic E-state index is 12.8. The van der Waals surface area contributed by atoms with Crippen LogP contribution in [0.15, 0.2) is 60.9 Å². The van der Waals surface area contributed by atoms with E-state index in [0.29, 0.717) is 0 Å². The van der Waals surface area contributed by atoms with Crippen molar-refractivity contribution in [1.29, 1.82) is 0 Å². The van der Waals surface area contributed by atoms with Crippen LogP contribution in [0.1, 0.15) is 27.8 Å². The Morgan fingerprint density at radius 3 is 2.68 bits per heavy atom.